The zero-order valence-electron chi connectivity index (χ0n) is 16.2. The van der Waals surface area contributed by atoms with Gasteiger partial charge in [0.05, 0.1) is 19.3 Å². The van der Waals surface area contributed by atoms with Crippen LogP contribution < -0.4 is 20.1 Å². The van der Waals surface area contributed by atoms with E-state index in [0.717, 1.165) is 36.0 Å². The van der Waals surface area contributed by atoms with Crippen molar-refractivity contribution in [1.29, 1.82) is 0 Å². The van der Waals surface area contributed by atoms with E-state index in [1.807, 2.05) is 37.7 Å². The summed E-state index contributed by atoms with van der Waals surface area (Å²) < 4.78 is 11.3. The van der Waals surface area contributed by atoms with Crippen molar-refractivity contribution in [1.82, 2.24) is 10.6 Å². The molecule has 142 valence electrons. The smallest absolute Gasteiger partial charge is 0.191 e. The van der Waals surface area contributed by atoms with Crippen LogP contribution in [0.4, 0.5) is 0 Å². The van der Waals surface area contributed by atoms with Gasteiger partial charge in [-0.15, -0.1) is 0 Å². The minimum atomic E-state index is 0.118. The summed E-state index contributed by atoms with van der Waals surface area (Å²) in [5, 5.41) is 6.81. The van der Waals surface area contributed by atoms with Gasteiger partial charge in [0, 0.05) is 13.6 Å². The molecule has 0 saturated carbocycles. The topological polar surface area (TPSA) is 54.9 Å². The molecule has 0 saturated heterocycles. The lowest BCUT2D eigenvalue weighted by Gasteiger charge is -2.20. The number of unbranched alkanes of at least 4 members (excludes halogenated alkanes) is 1. The minimum absolute atomic E-state index is 0.118. The first-order valence-corrected chi connectivity index (χ1v) is 10.4. The monoisotopic (exact) mass is 367 g/mol. The van der Waals surface area contributed by atoms with Gasteiger partial charge in [-0.25, -0.2) is 0 Å². The second-order valence-electron chi connectivity index (χ2n) is 5.64. The Bertz CT molecular complexity index is 523. The lowest BCUT2D eigenvalue weighted by atomic mass is 10.1. The number of hydrogen-bond donors (Lipinski definition) is 2. The molecule has 1 rings (SSSR count). The van der Waals surface area contributed by atoms with Gasteiger partial charge in [0.15, 0.2) is 17.5 Å². The molecule has 1 atom stereocenters. The molecule has 0 aliphatic carbocycles. The SMILES string of the molecule is CCOc1ccc(C(C)NC(=NC)NCCCCSC)cc1OCC. The van der Waals surface area contributed by atoms with E-state index in [2.05, 4.69) is 34.9 Å². The number of guanidine groups is 1. The van der Waals surface area contributed by atoms with E-state index in [1.165, 1.54) is 12.2 Å². The number of thioether (sulfide) groups is 1. The van der Waals surface area contributed by atoms with Gasteiger partial charge < -0.3 is 20.1 Å². The maximum atomic E-state index is 5.71. The van der Waals surface area contributed by atoms with Crippen LogP contribution in [0.25, 0.3) is 0 Å². The van der Waals surface area contributed by atoms with E-state index in [0.29, 0.717) is 13.2 Å². The Morgan fingerprint density at radius 3 is 2.52 bits per heavy atom. The predicted molar refractivity (Wildman–Crippen MR) is 109 cm³/mol. The molecule has 0 spiro atoms. The van der Waals surface area contributed by atoms with Crippen LogP contribution in [0.2, 0.25) is 0 Å². The Morgan fingerprint density at radius 1 is 1.16 bits per heavy atom. The summed E-state index contributed by atoms with van der Waals surface area (Å²) in [6.45, 7) is 8.24. The zero-order valence-corrected chi connectivity index (χ0v) is 17.0. The Kier molecular flexibility index (Phi) is 11.0. The summed E-state index contributed by atoms with van der Waals surface area (Å²) in [6, 6.07) is 6.20. The summed E-state index contributed by atoms with van der Waals surface area (Å²) in [4.78, 5) is 4.31. The normalized spacial score (nSPS) is 12.6. The van der Waals surface area contributed by atoms with Gasteiger partial charge >= 0.3 is 0 Å². The summed E-state index contributed by atoms with van der Waals surface area (Å²) in [5.74, 6) is 3.60. The maximum absolute atomic E-state index is 5.71. The molecule has 0 radical (unpaired) electrons. The zero-order chi connectivity index (χ0) is 18.5. The highest BCUT2D eigenvalue weighted by molar-refractivity contribution is 7.98. The van der Waals surface area contributed by atoms with E-state index < -0.39 is 0 Å². The van der Waals surface area contributed by atoms with Crippen molar-refractivity contribution in [3.63, 3.8) is 0 Å². The summed E-state index contributed by atoms with van der Waals surface area (Å²) >= 11 is 1.89. The highest BCUT2D eigenvalue weighted by Crippen LogP contribution is 2.30. The van der Waals surface area contributed by atoms with Gasteiger partial charge in [-0.2, -0.15) is 11.8 Å². The molecule has 5 nitrogen and oxygen atoms in total. The van der Waals surface area contributed by atoms with Gasteiger partial charge in [-0.3, -0.25) is 4.99 Å². The van der Waals surface area contributed by atoms with Crippen molar-refractivity contribution in [2.75, 3.05) is 38.8 Å². The lowest BCUT2D eigenvalue weighted by molar-refractivity contribution is 0.287. The fourth-order valence-electron chi connectivity index (χ4n) is 2.40. The largest absolute Gasteiger partial charge is 0.490 e. The van der Waals surface area contributed by atoms with Crippen molar-refractivity contribution >= 4 is 17.7 Å². The maximum Gasteiger partial charge on any atom is 0.191 e. The second kappa shape index (κ2) is 12.8. The van der Waals surface area contributed by atoms with Crippen molar-refractivity contribution in [2.24, 2.45) is 4.99 Å². The third-order valence-electron chi connectivity index (χ3n) is 3.71. The van der Waals surface area contributed by atoms with E-state index >= 15 is 0 Å². The number of nitrogens with zero attached hydrogens (tertiary/aromatic N) is 1. The fourth-order valence-corrected chi connectivity index (χ4v) is 2.89. The molecular formula is C19H33N3O2S. The van der Waals surface area contributed by atoms with Crippen LogP contribution >= 0.6 is 11.8 Å². The number of benzene rings is 1. The molecule has 25 heavy (non-hydrogen) atoms. The van der Waals surface area contributed by atoms with Crippen LogP contribution in [-0.2, 0) is 0 Å². The fraction of sp³-hybridized carbons (Fsp3) is 0.632. The first-order valence-electron chi connectivity index (χ1n) is 9.01. The second-order valence-corrected chi connectivity index (χ2v) is 6.62. The average Bonchev–Trinajstić information content (AvgIpc) is 2.62. The van der Waals surface area contributed by atoms with Gasteiger partial charge in [-0.1, -0.05) is 6.07 Å². The van der Waals surface area contributed by atoms with Gasteiger partial charge in [0.2, 0.25) is 0 Å². The van der Waals surface area contributed by atoms with E-state index in [9.17, 15) is 0 Å². The lowest BCUT2D eigenvalue weighted by Crippen LogP contribution is -2.39. The average molecular weight is 368 g/mol. The first-order chi connectivity index (χ1) is 12.2. The summed E-state index contributed by atoms with van der Waals surface area (Å²) in [5.41, 5.74) is 1.14. The van der Waals surface area contributed by atoms with Crippen molar-refractivity contribution < 1.29 is 9.47 Å². The number of ether oxygens (including phenoxy) is 2. The van der Waals surface area contributed by atoms with Crippen LogP contribution in [0.5, 0.6) is 11.5 Å². The van der Waals surface area contributed by atoms with Crippen molar-refractivity contribution in [2.45, 2.75) is 39.7 Å². The van der Waals surface area contributed by atoms with Crippen LogP contribution in [0, 0.1) is 0 Å². The Hall–Kier alpha value is -1.56. The van der Waals surface area contributed by atoms with Gasteiger partial charge in [0.25, 0.3) is 0 Å². The molecule has 0 amide bonds. The quantitative estimate of drug-likeness (QED) is 0.353. The molecule has 0 bridgehead atoms. The molecule has 6 heteroatoms. The number of hydrogen-bond acceptors (Lipinski definition) is 4. The van der Waals surface area contributed by atoms with E-state index in [4.69, 9.17) is 9.47 Å². The number of nitrogens with one attached hydrogen (secondary N) is 2. The van der Waals surface area contributed by atoms with Crippen molar-refractivity contribution in [3.8, 4) is 11.5 Å². The number of rotatable bonds is 11. The Morgan fingerprint density at radius 2 is 1.88 bits per heavy atom. The molecule has 0 aliphatic rings. The summed E-state index contributed by atoms with van der Waals surface area (Å²) in [6.07, 6.45) is 4.51. The highest BCUT2D eigenvalue weighted by atomic mass is 32.2. The molecule has 2 N–H and O–H groups in total. The molecule has 0 aliphatic heterocycles. The third-order valence-corrected chi connectivity index (χ3v) is 4.41. The van der Waals surface area contributed by atoms with Gasteiger partial charge in [-0.05, 0) is 63.3 Å². The molecule has 0 fully saturated rings. The van der Waals surface area contributed by atoms with Crippen LogP contribution in [-0.4, -0.2) is 44.8 Å². The van der Waals surface area contributed by atoms with Crippen LogP contribution in [0.3, 0.4) is 0 Å². The number of aliphatic imine (C=N–C) groups is 1. The van der Waals surface area contributed by atoms with Crippen LogP contribution in [0.15, 0.2) is 23.2 Å². The predicted octanol–water partition coefficient (Wildman–Crippen LogP) is 3.85. The molecule has 1 unspecified atom stereocenters. The third kappa shape index (κ3) is 7.90. The highest BCUT2D eigenvalue weighted by Gasteiger charge is 2.12. The van der Waals surface area contributed by atoms with Gasteiger partial charge in [0.1, 0.15) is 0 Å². The minimum Gasteiger partial charge on any atom is -0.490 e. The standard InChI is InChI=1S/C19H33N3O2S/c1-6-23-17-11-10-16(14-18(17)24-7-2)15(3)22-19(20-4)21-12-8-9-13-25-5/h10-11,14-15H,6-9,12-13H2,1-5H3,(H2,20,21,22). The molecular weight excluding hydrogens is 334 g/mol. The van der Waals surface area contributed by atoms with E-state index in [-0.39, 0.29) is 6.04 Å². The van der Waals surface area contributed by atoms with E-state index in [1.54, 1.807) is 7.05 Å². The Balaban J connectivity index is 2.65. The van der Waals surface area contributed by atoms with Crippen LogP contribution in [0.1, 0.15) is 45.2 Å². The van der Waals surface area contributed by atoms with Crippen molar-refractivity contribution in [3.05, 3.63) is 23.8 Å². The first kappa shape index (κ1) is 21.5. The molecule has 0 heterocycles. The Labute approximate surface area is 157 Å². The summed E-state index contributed by atoms with van der Waals surface area (Å²) in [7, 11) is 1.80. The molecule has 1 aromatic carbocycles. The molecule has 0 aromatic heterocycles. The molecule has 1 aromatic rings.